The summed E-state index contributed by atoms with van der Waals surface area (Å²) in [5.74, 6) is -2.24. The van der Waals surface area contributed by atoms with Gasteiger partial charge in [0, 0.05) is 10.6 Å². The molecule has 182 valence electrons. The van der Waals surface area contributed by atoms with Crippen molar-refractivity contribution in [3.63, 3.8) is 0 Å². The van der Waals surface area contributed by atoms with Crippen LogP contribution in [0.5, 0.6) is 0 Å². The van der Waals surface area contributed by atoms with Gasteiger partial charge in [-0.05, 0) is 48.0 Å². The average Bonchev–Trinajstić information content (AvgIpc) is 2.82. The topological polar surface area (TPSA) is 168 Å². The Morgan fingerprint density at radius 3 is 2.31 bits per heavy atom. The summed E-state index contributed by atoms with van der Waals surface area (Å²) in [5.41, 5.74) is 11.6. The number of benzene rings is 3. The summed E-state index contributed by atoms with van der Waals surface area (Å²) in [6, 6.07) is 18.6. The number of halogens is 1. The number of hydrogen-bond donors (Lipinski definition) is 4. The van der Waals surface area contributed by atoms with E-state index in [1.807, 2.05) is 0 Å². The zero-order valence-corrected chi connectivity index (χ0v) is 19.8. The maximum atomic E-state index is 13.3. The third-order valence-electron chi connectivity index (χ3n) is 4.74. The Hall–Kier alpha value is -4.09. The molecule has 3 aromatic rings. The number of rotatable bonds is 9. The molecule has 0 fully saturated rings. The molecule has 0 saturated carbocycles. The van der Waals surface area contributed by atoms with Crippen molar-refractivity contribution < 1.29 is 23.1 Å². The summed E-state index contributed by atoms with van der Waals surface area (Å²) in [7, 11) is -4.22. The van der Waals surface area contributed by atoms with Crippen LogP contribution in [0.25, 0.3) is 0 Å². The van der Waals surface area contributed by atoms with Gasteiger partial charge in [-0.1, -0.05) is 48.0 Å². The molecule has 0 aliphatic rings. The first kappa shape index (κ1) is 25.5. The van der Waals surface area contributed by atoms with Gasteiger partial charge in [0.1, 0.15) is 0 Å². The van der Waals surface area contributed by atoms with Crippen molar-refractivity contribution in [3.8, 4) is 0 Å². The smallest absolute Gasteiger partial charge is 0.305 e. The van der Waals surface area contributed by atoms with E-state index in [1.165, 1.54) is 42.5 Å². The minimum absolute atomic E-state index is 0.0344. The zero-order valence-electron chi connectivity index (χ0n) is 18.2. The molecule has 0 aliphatic carbocycles. The van der Waals surface area contributed by atoms with E-state index in [-0.39, 0.29) is 16.1 Å². The first-order valence-electron chi connectivity index (χ1n) is 10.2. The summed E-state index contributed by atoms with van der Waals surface area (Å²) in [6.45, 7) is 0. The minimum atomic E-state index is -4.22. The summed E-state index contributed by atoms with van der Waals surface area (Å²) in [5, 5.41) is 16.2. The number of sulfonamides is 1. The van der Waals surface area contributed by atoms with E-state index < -0.39 is 40.3 Å². The van der Waals surface area contributed by atoms with Crippen molar-refractivity contribution in [3.05, 3.63) is 95.0 Å². The molecule has 0 saturated heterocycles. The third kappa shape index (κ3) is 6.49. The van der Waals surface area contributed by atoms with Gasteiger partial charge >= 0.3 is 5.97 Å². The number of carboxylic acids is 1. The second kappa shape index (κ2) is 10.9. The van der Waals surface area contributed by atoms with Gasteiger partial charge in [-0.25, -0.2) is 0 Å². The predicted molar refractivity (Wildman–Crippen MR) is 132 cm³/mol. The largest absolute Gasteiger partial charge is 0.481 e. The van der Waals surface area contributed by atoms with E-state index >= 15 is 0 Å². The monoisotopic (exact) mass is 515 g/mol. The normalized spacial score (nSPS) is 11.8. The van der Waals surface area contributed by atoms with Crippen molar-refractivity contribution in [2.75, 3.05) is 4.41 Å². The number of hydrazone groups is 1. The zero-order chi connectivity index (χ0) is 25.6. The molecular weight excluding hydrogens is 494 g/mol. The lowest BCUT2D eigenvalue weighted by Crippen LogP contribution is -2.33. The highest BCUT2D eigenvalue weighted by Gasteiger charge is 2.27. The molecule has 6 N–H and O–H groups in total. The molecular formula is C23H22ClN5O5S. The molecule has 0 bridgehead atoms. The van der Waals surface area contributed by atoms with Gasteiger partial charge in [0.15, 0.2) is 0 Å². The van der Waals surface area contributed by atoms with Gasteiger partial charge in [0.2, 0.25) is 5.96 Å². The van der Waals surface area contributed by atoms with Gasteiger partial charge in [0.25, 0.3) is 15.9 Å². The predicted octanol–water partition coefficient (Wildman–Crippen LogP) is 2.67. The average molecular weight is 516 g/mol. The van der Waals surface area contributed by atoms with Crippen molar-refractivity contribution in [1.82, 2.24) is 5.32 Å². The fraction of sp³-hybridized carbons (Fsp3) is 0.0870. The van der Waals surface area contributed by atoms with Gasteiger partial charge < -0.3 is 21.9 Å². The Labute approximate surface area is 206 Å². The molecule has 0 aromatic heterocycles. The number of anilines is 1. The van der Waals surface area contributed by atoms with E-state index in [2.05, 4.69) is 10.4 Å². The molecule has 1 amide bonds. The summed E-state index contributed by atoms with van der Waals surface area (Å²) >= 11 is 5.95. The maximum Gasteiger partial charge on any atom is 0.305 e. The number of nitrogens with zero attached hydrogens (tertiary/aromatic N) is 2. The van der Waals surface area contributed by atoms with E-state index in [9.17, 15) is 23.1 Å². The highest BCUT2D eigenvalue weighted by atomic mass is 35.5. The first-order valence-corrected chi connectivity index (χ1v) is 12.0. The van der Waals surface area contributed by atoms with Crippen molar-refractivity contribution in [2.45, 2.75) is 17.4 Å². The van der Waals surface area contributed by atoms with E-state index in [1.54, 1.807) is 36.4 Å². The molecule has 10 nitrogen and oxygen atoms in total. The second-order valence-electron chi connectivity index (χ2n) is 7.32. The van der Waals surface area contributed by atoms with Crippen LogP contribution in [0.1, 0.15) is 28.4 Å². The third-order valence-corrected chi connectivity index (χ3v) is 6.59. The lowest BCUT2D eigenvalue weighted by atomic mass is 10.0. The van der Waals surface area contributed by atoms with Crippen LogP contribution in [0, 0.1) is 0 Å². The fourth-order valence-electron chi connectivity index (χ4n) is 3.21. The Balaban J connectivity index is 2.02. The molecule has 0 aliphatic heterocycles. The molecule has 0 heterocycles. The standard InChI is InChI=1S/C23H22ClN5O5S/c24-17-8-4-7-16(12-17)22(32)27-20(14-21(30)31)15-6-5-9-18(13-15)29(28-23(25)26)35(33,34)19-10-2-1-3-11-19/h1-13,20H,14H2,(H,27,32)(H,30,31)(H4,25,26,28). The van der Waals surface area contributed by atoms with Crippen LogP contribution in [0.3, 0.4) is 0 Å². The SMILES string of the molecule is NC(N)=NN(c1cccc(C(CC(=O)O)NC(=O)c2cccc(Cl)c2)c1)S(=O)(=O)c1ccccc1. The maximum absolute atomic E-state index is 13.3. The van der Waals surface area contributed by atoms with Crippen molar-refractivity contribution >= 4 is 45.1 Å². The summed E-state index contributed by atoms with van der Waals surface area (Å²) < 4.78 is 27.2. The Morgan fingerprint density at radius 2 is 1.69 bits per heavy atom. The van der Waals surface area contributed by atoms with E-state index in [0.717, 1.165) is 0 Å². The molecule has 3 aromatic carbocycles. The number of nitrogens with two attached hydrogens (primary N) is 2. The van der Waals surface area contributed by atoms with Gasteiger partial charge in [-0.15, -0.1) is 5.10 Å². The van der Waals surface area contributed by atoms with Crippen LogP contribution >= 0.6 is 11.6 Å². The first-order chi connectivity index (χ1) is 16.6. The number of hydrogen-bond acceptors (Lipinski definition) is 5. The van der Waals surface area contributed by atoms with Crippen molar-refractivity contribution in [2.24, 2.45) is 16.6 Å². The number of amides is 1. The number of carbonyl (C=O) groups excluding carboxylic acids is 1. The fourth-order valence-corrected chi connectivity index (χ4v) is 4.69. The highest BCUT2D eigenvalue weighted by molar-refractivity contribution is 7.92. The summed E-state index contributed by atoms with van der Waals surface area (Å²) in [4.78, 5) is 24.2. The number of nitrogens with one attached hydrogen (secondary N) is 1. The second-order valence-corrected chi connectivity index (χ2v) is 9.52. The van der Waals surface area contributed by atoms with Crippen LogP contribution in [-0.2, 0) is 14.8 Å². The lowest BCUT2D eigenvalue weighted by molar-refractivity contribution is -0.137. The minimum Gasteiger partial charge on any atom is -0.481 e. The van der Waals surface area contributed by atoms with Gasteiger partial charge in [-0.3, -0.25) is 9.59 Å². The van der Waals surface area contributed by atoms with E-state index in [0.29, 0.717) is 15.0 Å². The van der Waals surface area contributed by atoms with Crippen LogP contribution in [0.4, 0.5) is 5.69 Å². The lowest BCUT2D eigenvalue weighted by Gasteiger charge is -2.22. The number of carbonyl (C=O) groups is 2. The molecule has 1 atom stereocenters. The molecule has 3 rings (SSSR count). The van der Waals surface area contributed by atoms with Crippen molar-refractivity contribution in [1.29, 1.82) is 0 Å². The molecule has 12 heteroatoms. The number of aliphatic carboxylic acids is 1. The molecule has 0 radical (unpaired) electrons. The molecule has 35 heavy (non-hydrogen) atoms. The highest BCUT2D eigenvalue weighted by Crippen LogP contribution is 2.28. The van der Waals surface area contributed by atoms with Crippen LogP contribution in [0.2, 0.25) is 5.02 Å². The Morgan fingerprint density at radius 1 is 1.00 bits per heavy atom. The molecule has 1 unspecified atom stereocenters. The quantitative estimate of drug-likeness (QED) is 0.193. The van der Waals surface area contributed by atoms with Gasteiger partial charge in [0.05, 0.1) is 23.0 Å². The van der Waals surface area contributed by atoms with Crippen LogP contribution in [-0.4, -0.2) is 31.4 Å². The molecule has 0 spiro atoms. The van der Waals surface area contributed by atoms with Crippen LogP contribution in [0.15, 0.2) is 88.9 Å². The van der Waals surface area contributed by atoms with Crippen LogP contribution < -0.4 is 21.2 Å². The number of guanidine groups is 1. The van der Waals surface area contributed by atoms with E-state index in [4.69, 9.17) is 23.1 Å². The Bertz CT molecular complexity index is 1360. The van der Waals surface area contributed by atoms with Gasteiger partial charge in [-0.2, -0.15) is 12.8 Å². The Kier molecular flexibility index (Phi) is 7.94. The number of carboxylic acid groups (broad SMARTS) is 1. The summed E-state index contributed by atoms with van der Waals surface area (Å²) in [6.07, 6.45) is -0.469.